The molecular formula is C18H19Cl2N3O2. The SMILES string of the molecule is COc1ccc(N2CCN(C(=O)Nc3c(Cl)cccc3Cl)CC2)cc1. The van der Waals surface area contributed by atoms with Gasteiger partial charge >= 0.3 is 6.03 Å². The van der Waals surface area contributed by atoms with E-state index in [1.165, 1.54) is 0 Å². The fraction of sp³-hybridized carbons (Fsp3) is 0.278. The lowest BCUT2D eigenvalue weighted by atomic mass is 10.2. The summed E-state index contributed by atoms with van der Waals surface area (Å²) in [6, 6.07) is 12.9. The van der Waals surface area contributed by atoms with Crippen LogP contribution in [0, 0.1) is 0 Å². The van der Waals surface area contributed by atoms with Crippen LogP contribution in [0.4, 0.5) is 16.2 Å². The lowest BCUT2D eigenvalue weighted by Gasteiger charge is -2.36. The molecule has 0 aromatic heterocycles. The van der Waals surface area contributed by atoms with Crippen LogP contribution in [0.5, 0.6) is 5.75 Å². The van der Waals surface area contributed by atoms with Crippen molar-refractivity contribution >= 4 is 40.6 Å². The van der Waals surface area contributed by atoms with E-state index < -0.39 is 0 Å². The maximum atomic E-state index is 12.5. The van der Waals surface area contributed by atoms with Gasteiger partial charge in [0.1, 0.15) is 5.75 Å². The Labute approximate surface area is 157 Å². The molecule has 0 aliphatic carbocycles. The van der Waals surface area contributed by atoms with Crippen LogP contribution in [0.25, 0.3) is 0 Å². The fourth-order valence-electron chi connectivity index (χ4n) is 2.76. The van der Waals surface area contributed by atoms with Crippen molar-refractivity contribution in [1.29, 1.82) is 0 Å². The summed E-state index contributed by atoms with van der Waals surface area (Å²) in [5.74, 6) is 0.832. The number of para-hydroxylation sites is 1. The van der Waals surface area contributed by atoms with Crippen molar-refractivity contribution in [2.24, 2.45) is 0 Å². The van der Waals surface area contributed by atoms with Gasteiger partial charge in [-0.25, -0.2) is 4.79 Å². The predicted octanol–water partition coefficient (Wildman–Crippen LogP) is 4.36. The molecule has 3 rings (SSSR count). The minimum Gasteiger partial charge on any atom is -0.497 e. The van der Waals surface area contributed by atoms with E-state index in [0.29, 0.717) is 28.8 Å². The van der Waals surface area contributed by atoms with Gasteiger partial charge < -0.3 is 19.9 Å². The van der Waals surface area contributed by atoms with Crippen LogP contribution < -0.4 is 15.0 Å². The minimum atomic E-state index is -0.190. The van der Waals surface area contributed by atoms with E-state index in [1.54, 1.807) is 30.2 Å². The molecule has 0 radical (unpaired) electrons. The van der Waals surface area contributed by atoms with E-state index >= 15 is 0 Å². The maximum Gasteiger partial charge on any atom is 0.322 e. The van der Waals surface area contributed by atoms with E-state index in [-0.39, 0.29) is 6.03 Å². The zero-order valence-corrected chi connectivity index (χ0v) is 15.3. The Balaban J connectivity index is 1.59. The number of anilines is 2. The van der Waals surface area contributed by atoms with Gasteiger partial charge in [-0.2, -0.15) is 0 Å². The number of benzene rings is 2. The molecule has 1 N–H and O–H groups in total. The standard InChI is InChI=1S/C18H19Cl2N3O2/c1-25-14-7-5-13(6-8-14)22-9-11-23(12-10-22)18(24)21-17-15(19)3-2-4-16(17)20/h2-8H,9-12H2,1H3,(H,21,24). The molecule has 0 atom stereocenters. The molecule has 0 unspecified atom stereocenters. The van der Waals surface area contributed by atoms with Crippen molar-refractivity contribution in [3.8, 4) is 5.75 Å². The molecule has 2 aromatic rings. The number of rotatable bonds is 3. The highest BCUT2D eigenvalue weighted by Crippen LogP contribution is 2.30. The van der Waals surface area contributed by atoms with Gasteiger partial charge in [0, 0.05) is 31.9 Å². The molecule has 1 fully saturated rings. The first-order valence-corrected chi connectivity index (χ1v) is 8.73. The Morgan fingerprint density at radius 2 is 1.60 bits per heavy atom. The molecule has 1 aliphatic rings. The van der Waals surface area contributed by atoms with Gasteiger partial charge in [-0.1, -0.05) is 29.3 Å². The number of nitrogens with zero attached hydrogens (tertiary/aromatic N) is 2. The van der Waals surface area contributed by atoms with Gasteiger partial charge in [0.05, 0.1) is 22.8 Å². The average molecular weight is 380 g/mol. The number of hydrogen-bond acceptors (Lipinski definition) is 3. The first-order valence-electron chi connectivity index (χ1n) is 7.97. The largest absolute Gasteiger partial charge is 0.497 e. The number of carbonyl (C=O) groups is 1. The molecule has 2 amide bonds. The van der Waals surface area contributed by atoms with Crippen LogP contribution in [0.3, 0.4) is 0 Å². The molecular weight excluding hydrogens is 361 g/mol. The lowest BCUT2D eigenvalue weighted by molar-refractivity contribution is 0.208. The summed E-state index contributed by atoms with van der Waals surface area (Å²) in [5, 5.41) is 3.66. The summed E-state index contributed by atoms with van der Waals surface area (Å²) in [5.41, 5.74) is 1.57. The van der Waals surface area contributed by atoms with Gasteiger partial charge in [-0.15, -0.1) is 0 Å². The second-order valence-electron chi connectivity index (χ2n) is 5.70. The number of hydrogen-bond donors (Lipinski definition) is 1. The number of nitrogens with one attached hydrogen (secondary N) is 1. The summed E-state index contributed by atoms with van der Waals surface area (Å²) < 4.78 is 5.18. The highest BCUT2D eigenvalue weighted by atomic mass is 35.5. The molecule has 7 heteroatoms. The van der Waals surface area contributed by atoms with E-state index in [4.69, 9.17) is 27.9 Å². The minimum absolute atomic E-state index is 0.190. The topological polar surface area (TPSA) is 44.8 Å². The van der Waals surface area contributed by atoms with Crippen molar-refractivity contribution in [3.05, 3.63) is 52.5 Å². The van der Waals surface area contributed by atoms with Gasteiger partial charge in [0.25, 0.3) is 0 Å². The zero-order valence-electron chi connectivity index (χ0n) is 13.8. The Morgan fingerprint density at radius 1 is 1.00 bits per heavy atom. The van der Waals surface area contributed by atoms with E-state index in [2.05, 4.69) is 10.2 Å². The van der Waals surface area contributed by atoms with Crippen LogP contribution in [0.1, 0.15) is 0 Å². The van der Waals surface area contributed by atoms with Crippen molar-refractivity contribution in [1.82, 2.24) is 4.90 Å². The van der Waals surface area contributed by atoms with Crippen LogP contribution in [-0.4, -0.2) is 44.2 Å². The fourth-order valence-corrected chi connectivity index (χ4v) is 3.26. The number of urea groups is 1. The number of halogens is 2. The monoisotopic (exact) mass is 379 g/mol. The van der Waals surface area contributed by atoms with Crippen molar-refractivity contribution in [2.45, 2.75) is 0 Å². The summed E-state index contributed by atoms with van der Waals surface area (Å²) in [6.07, 6.45) is 0. The molecule has 2 aromatic carbocycles. The number of amides is 2. The first kappa shape index (κ1) is 17.7. The summed E-state index contributed by atoms with van der Waals surface area (Å²) in [6.45, 7) is 2.77. The van der Waals surface area contributed by atoms with Crippen molar-refractivity contribution in [2.75, 3.05) is 43.5 Å². The molecule has 0 spiro atoms. The second-order valence-corrected chi connectivity index (χ2v) is 6.51. The molecule has 0 saturated carbocycles. The van der Waals surface area contributed by atoms with Crippen LogP contribution in [-0.2, 0) is 0 Å². The molecule has 1 saturated heterocycles. The number of methoxy groups -OCH3 is 1. The average Bonchev–Trinajstić information content (AvgIpc) is 2.65. The van der Waals surface area contributed by atoms with Gasteiger partial charge in [0.15, 0.2) is 0 Å². The molecule has 0 bridgehead atoms. The van der Waals surface area contributed by atoms with Crippen molar-refractivity contribution in [3.63, 3.8) is 0 Å². The normalized spacial score (nSPS) is 14.4. The molecule has 1 heterocycles. The predicted molar refractivity (Wildman–Crippen MR) is 102 cm³/mol. The highest BCUT2D eigenvalue weighted by Gasteiger charge is 2.22. The van der Waals surface area contributed by atoms with Gasteiger partial charge in [0.2, 0.25) is 0 Å². The summed E-state index contributed by atoms with van der Waals surface area (Å²) in [7, 11) is 1.65. The Bertz CT molecular complexity index is 724. The third kappa shape index (κ3) is 4.11. The summed E-state index contributed by atoms with van der Waals surface area (Å²) in [4.78, 5) is 16.5. The molecule has 25 heavy (non-hydrogen) atoms. The van der Waals surface area contributed by atoms with E-state index in [1.807, 2.05) is 24.3 Å². The third-order valence-electron chi connectivity index (χ3n) is 4.20. The molecule has 1 aliphatic heterocycles. The smallest absolute Gasteiger partial charge is 0.322 e. The molecule has 132 valence electrons. The Kier molecular flexibility index (Phi) is 5.56. The summed E-state index contributed by atoms with van der Waals surface area (Å²) >= 11 is 12.2. The second kappa shape index (κ2) is 7.85. The van der Waals surface area contributed by atoms with E-state index in [0.717, 1.165) is 24.5 Å². The number of ether oxygens (including phenoxy) is 1. The lowest BCUT2D eigenvalue weighted by Crippen LogP contribution is -2.50. The Hall–Kier alpha value is -2.11. The molecule has 5 nitrogen and oxygen atoms in total. The number of piperazine rings is 1. The number of carbonyl (C=O) groups excluding carboxylic acids is 1. The van der Waals surface area contributed by atoms with Crippen LogP contribution >= 0.6 is 23.2 Å². The Morgan fingerprint density at radius 3 is 2.16 bits per heavy atom. The quantitative estimate of drug-likeness (QED) is 0.861. The third-order valence-corrected chi connectivity index (χ3v) is 4.83. The van der Waals surface area contributed by atoms with Crippen molar-refractivity contribution < 1.29 is 9.53 Å². The van der Waals surface area contributed by atoms with Crippen LogP contribution in [0.2, 0.25) is 10.0 Å². The maximum absolute atomic E-state index is 12.5. The first-order chi connectivity index (χ1) is 12.1. The van der Waals surface area contributed by atoms with Gasteiger partial charge in [-0.05, 0) is 36.4 Å². The van der Waals surface area contributed by atoms with Gasteiger partial charge in [-0.3, -0.25) is 0 Å². The van der Waals surface area contributed by atoms with E-state index in [9.17, 15) is 4.79 Å². The van der Waals surface area contributed by atoms with Crippen LogP contribution in [0.15, 0.2) is 42.5 Å². The zero-order chi connectivity index (χ0) is 17.8. The highest BCUT2D eigenvalue weighted by molar-refractivity contribution is 6.39.